The molecule has 0 amide bonds. The van der Waals surface area contributed by atoms with Gasteiger partial charge in [0.15, 0.2) is 24.6 Å². The van der Waals surface area contributed by atoms with E-state index >= 15 is 0 Å². The van der Waals surface area contributed by atoms with E-state index in [0.717, 1.165) is 89.9 Å². The standard InChI is InChI=1S/C69H124O12/c1-4-7-10-13-16-19-22-25-28-30-31-33-36-39-42-45-48-51-54-57-63(72)80-67-65(74)64(73)66(68(75)76)81-69(67)78-59-60(79-62(71)56-53-50-47-44-41-38-34-27-24-21-18-15-12-9-6-3)58-77-61(70)55-52-49-46-43-40-37-35-32-29-26-23-20-17-14-11-8-5-2/h18,21,26-27,29,34,60,64-67,69,73-74H,4-17,19-20,22-25,28,30-33,35-59H2,1-3H3,(H,75,76)/b21-18-,29-26-,34-27-. The fourth-order valence-corrected chi connectivity index (χ4v) is 10.5. The molecular formula is C69H124O12. The van der Waals surface area contributed by atoms with E-state index in [1.54, 1.807) is 0 Å². The van der Waals surface area contributed by atoms with Gasteiger partial charge in [-0.2, -0.15) is 0 Å². The highest BCUT2D eigenvalue weighted by Crippen LogP contribution is 2.27. The lowest BCUT2D eigenvalue weighted by molar-refractivity contribution is -0.301. The molecule has 0 aromatic carbocycles. The van der Waals surface area contributed by atoms with Crippen molar-refractivity contribution in [3.63, 3.8) is 0 Å². The van der Waals surface area contributed by atoms with Crippen LogP contribution in [-0.2, 0) is 42.9 Å². The Hall–Kier alpha value is -3.06. The third-order valence-electron chi connectivity index (χ3n) is 15.7. The van der Waals surface area contributed by atoms with Gasteiger partial charge in [-0.25, -0.2) is 4.79 Å². The molecule has 0 radical (unpaired) electrons. The first kappa shape index (κ1) is 76.0. The van der Waals surface area contributed by atoms with Crippen molar-refractivity contribution in [2.75, 3.05) is 13.2 Å². The minimum absolute atomic E-state index is 0.0644. The Bertz CT molecular complexity index is 1550. The first-order chi connectivity index (χ1) is 39.6. The number of carboxylic acids is 1. The highest BCUT2D eigenvalue weighted by molar-refractivity contribution is 5.74. The molecule has 81 heavy (non-hydrogen) atoms. The molecule has 0 aromatic rings. The highest BCUT2D eigenvalue weighted by Gasteiger charge is 2.50. The molecule has 1 aliphatic rings. The van der Waals surface area contributed by atoms with Crippen molar-refractivity contribution in [3.05, 3.63) is 36.5 Å². The van der Waals surface area contributed by atoms with Gasteiger partial charge in [-0.1, -0.05) is 269 Å². The summed E-state index contributed by atoms with van der Waals surface area (Å²) < 4.78 is 28.6. The van der Waals surface area contributed by atoms with Gasteiger partial charge >= 0.3 is 23.9 Å². The third-order valence-corrected chi connectivity index (χ3v) is 15.7. The molecule has 1 fully saturated rings. The Kier molecular flexibility index (Phi) is 53.8. The zero-order chi connectivity index (χ0) is 58.9. The smallest absolute Gasteiger partial charge is 0.335 e. The maximum atomic E-state index is 13.2. The maximum absolute atomic E-state index is 13.2. The average Bonchev–Trinajstić information content (AvgIpc) is 3.52. The molecule has 0 bridgehead atoms. The number of allylic oxidation sites excluding steroid dienone is 6. The van der Waals surface area contributed by atoms with Crippen molar-refractivity contribution >= 4 is 23.9 Å². The zero-order valence-electron chi connectivity index (χ0n) is 52.3. The second kappa shape index (κ2) is 57.4. The maximum Gasteiger partial charge on any atom is 0.335 e. The van der Waals surface area contributed by atoms with E-state index in [4.69, 9.17) is 23.7 Å². The fourth-order valence-electron chi connectivity index (χ4n) is 10.5. The van der Waals surface area contributed by atoms with E-state index in [9.17, 15) is 34.5 Å². The van der Waals surface area contributed by atoms with Crippen LogP contribution in [0.4, 0.5) is 0 Å². The normalized spacial score (nSPS) is 17.9. The number of aliphatic carboxylic acids is 1. The summed E-state index contributed by atoms with van der Waals surface area (Å²) in [6.45, 7) is 6.01. The monoisotopic (exact) mass is 1140 g/mol. The second-order valence-electron chi connectivity index (χ2n) is 23.5. The summed E-state index contributed by atoms with van der Waals surface area (Å²) in [7, 11) is 0. The van der Waals surface area contributed by atoms with Crippen LogP contribution >= 0.6 is 0 Å². The van der Waals surface area contributed by atoms with Crippen LogP contribution < -0.4 is 0 Å². The summed E-state index contributed by atoms with van der Waals surface area (Å²) >= 11 is 0. The van der Waals surface area contributed by atoms with Crippen LogP contribution in [0.5, 0.6) is 0 Å². The van der Waals surface area contributed by atoms with Crippen LogP contribution in [-0.4, -0.2) is 89.2 Å². The van der Waals surface area contributed by atoms with Gasteiger partial charge in [0.2, 0.25) is 0 Å². The summed E-state index contributed by atoms with van der Waals surface area (Å²) in [5.41, 5.74) is 0. The first-order valence-electron chi connectivity index (χ1n) is 34.0. The van der Waals surface area contributed by atoms with Crippen LogP contribution in [0.2, 0.25) is 0 Å². The number of carbonyl (C=O) groups excluding carboxylic acids is 3. The molecule has 12 nitrogen and oxygen atoms in total. The number of ether oxygens (including phenoxy) is 5. The zero-order valence-corrected chi connectivity index (χ0v) is 52.3. The number of rotatable bonds is 59. The van der Waals surface area contributed by atoms with E-state index in [0.29, 0.717) is 19.3 Å². The molecule has 0 spiro atoms. The molecule has 1 heterocycles. The Morgan fingerprint density at radius 3 is 1.15 bits per heavy atom. The fraction of sp³-hybridized carbons (Fsp3) is 0.855. The predicted octanol–water partition coefficient (Wildman–Crippen LogP) is 18.4. The van der Waals surface area contributed by atoms with Crippen molar-refractivity contribution in [3.8, 4) is 0 Å². The van der Waals surface area contributed by atoms with Crippen LogP contribution in [0, 0.1) is 0 Å². The molecule has 1 aliphatic heterocycles. The molecule has 0 saturated carbocycles. The Balaban J connectivity index is 2.63. The average molecular weight is 1150 g/mol. The number of unbranched alkanes of at least 4 members (excludes halogenated alkanes) is 39. The Morgan fingerprint density at radius 1 is 0.407 bits per heavy atom. The van der Waals surface area contributed by atoms with E-state index in [1.807, 2.05) is 0 Å². The van der Waals surface area contributed by atoms with Gasteiger partial charge in [0.05, 0.1) is 6.61 Å². The minimum atomic E-state index is -1.90. The molecule has 1 saturated heterocycles. The quantitative estimate of drug-likeness (QED) is 0.0228. The van der Waals surface area contributed by atoms with E-state index in [2.05, 4.69) is 57.2 Å². The summed E-state index contributed by atoms with van der Waals surface area (Å²) in [6, 6.07) is 0. The first-order valence-corrected chi connectivity index (χ1v) is 34.0. The summed E-state index contributed by atoms with van der Waals surface area (Å²) in [4.78, 5) is 51.4. The summed E-state index contributed by atoms with van der Waals surface area (Å²) in [5, 5.41) is 31.6. The minimum Gasteiger partial charge on any atom is -0.479 e. The van der Waals surface area contributed by atoms with Crippen LogP contribution in [0.15, 0.2) is 36.5 Å². The largest absolute Gasteiger partial charge is 0.479 e. The number of hydrogen-bond donors (Lipinski definition) is 3. The van der Waals surface area contributed by atoms with Crippen molar-refractivity contribution in [1.82, 2.24) is 0 Å². The van der Waals surface area contributed by atoms with Crippen molar-refractivity contribution in [2.24, 2.45) is 0 Å². The van der Waals surface area contributed by atoms with Gasteiger partial charge in [-0.05, 0) is 77.0 Å². The van der Waals surface area contributed by atoms with E-state index < -0.39 is 67.3 Å². The predicted molar refractivity (Wildman–Crippen MR) is 331 cm³/mol. The van der Waals surface area contributed by atoms with Crippen LogP contribution in [0.25, 0.3) is 0 Å². The lowest BCUT2D eigenvalue weighted by Gasteiger charge is -2.40. The number of carboxylic acid groups (broad SMARTS) is 1. The lowest BCUT2D eigenvalue weighted by atomic mass is 9.98. The summed E-state index contributed by atoms with van der Waals surface area (Å²) in [6.07, 6.45) is 56.7. The van der Waals surface area contributed by atoms with Gasteiger partial charge in [0.25, 0.3) is 0 Å². The van der Waals surface area contributed by atoms with Gasteiger partial charge in [-0.15, -0.1) is 0 Å². The molecule has 12 heteroatoms. The number of hydrogen-bond acceptors (Lipinski definition) is 11. The number of carbonyl (C=O) groups is 4. The SMILES string of the molecule is CCCCC/C=C\C/C=C\CCCCCCCC(=O)OC(COC(=O)CCCCCCCCC/C=C\CCCCCCCC)COC1OC(C(=O)O)C(O)C(O)C1OC(=O)CCCCCCCCCCCCCCCCCCCCC. The third kappa shape index (κ3) is 46.9. The van der Waals surface area contributed by atoms with E-state index in [-0.39, 0.29) is 25.9 Å². The molecule has 0 aromatic heterocycles. The highest BCUT2D eigenvalue weighted by atomic mass is 16.7. The summed E-state index contributed by atoms with van der Waals surface area (Å²) in [5.74, 6) is -3.11. The van der Waals surface area contributed by atoms with Gasteiger partial charge in [0.1, 0.15) is 18.8 Å². The molecule has 0 aliphatic carbocycles. The number of aliphatic hydroxyl groups excluding tert-OH is 2. The van der Waals surface area contributed by atoms with Crippen molar-refractivity contribution in [1.29, 1.82) is 0 Å². The Morgan fingerprint density at radius 2 is 0.741 bits per heavy atom. The second-order valence-corrected chi connectivity index (χ2v) is 23.5. The van der Waals surface area contributed by atoms with E-state index in [1.165, 1.54) is 180 Å². The molecule has 472 valence electrons. The van der Waals surface area contributed by atoms with Crippen molar-refractivity contribution in [2.45, 2.75) is 366 Å². The molecule has 6 unspecified atom stereocenters. The topological polar surface area (TPSA) is 175 Å². The lowest BCUT2D eigenvalue weighted by Crippen LogP contribution is -2.61. The van der Waals surface area contributed by atoms with Crippen LogP contribution in [0.1, 0.15) is 329 Å². The van der Waals surface area contributed by atoms with Gasteiger partial charge in [0, 0.05) is 19.3 Å². The number of aliphatic hydroxyl groups is 2. The molecule has 3 N–H and O–H groups in total. The van der Waals surface area contributed by atoms with Gasteiger partial charge < -0.3 is 39.0 Å². The Labute approximate surface area is 495 Å². The van der Waals surface area contributed by atoms with Gasteiger partial charge in [-0.3, -0.25) is 14.4 Å². The van der Waals surface area contributed by atoms with Crippen molar-refractivity contribution < 1.29 is 58.2 Å². The van der Waals surface area contributed by atoms with Crippen LogP contribution in [0.3, 0.4) is 0 Å². The molecule has 6 atom stereocenters. The molecular weight excluding hydrogens is 1020 g/mol. The number of esters is 3. The molecule has 1 rings (SSSR count).